The highest BCUT2D eigenvalue weighted by molar-refractivity contribution is 9.10. The SMILES string of the molecule is CC(C)[C@@H](NC(=O)c1ccccc1Br)C(=O)NC1CCCc2ccccc21. The third-order valence-electron chi connectivity index (χ3n) is 5.04. The lowest BCUT2D eigenvalue weighted by Gasteiger charge is -2.29. The second kappa shape index (κ2) is 8.70. The van der Waals surface area contributed by atoms with E-state index >= 15 is 0 Å². The van der Waals surface area contributed by atoms with Crippen molar-refractivity contribution in [2.24, 2.45) is 5.92 Å². The summed E-state index contributed by atoms with van der Waals surface area (Å²) in [5.41, 5.74) is 3.02. The van der Waals surface area contributed by atoms with Crippen LogP contribution in [0.5, 0.6) is 0 Å². The highest BCUT2D eigenvalue weighted by atomic mass is 79.9. The summed E-state index contributed by atoms with van der Waals surface area (Å²) in [6, 6.07) is 14.9. The molecule has 2 aromatic rings. The van der Waals surface area contributed by atoms with Crippen molar-refractivity contribution in [3.8, 4) is 0 Å². The topological polar surface area (TPSA) is 58.2 Å². The minimum atomic E-state index is -0.585. The number of amides is 2. The quantitative estimate of drug-likeness (QED) is 0.741. The summed E-state index contributed by atoms with van der Waals surface area (Å²) in [6.07, 6.45) is 3.03. The highest BCUT2D eigenvalue weighted by Crippen LogP contribution is 2.29. The molecule has 0 spiro atoms. The van der Waals surface area contributed by atoms with Crippen molar-refractivity contribution in [2.45, 2.75) is 45.2 Å². The van der Waals surface area contributed by atoms with Crippen LogP contribution in [0.2, 0.25) is 0 Å². The van der Waals surface area contributed by atoms with Crippen molar-refractivity contribution < 1.29 is 9.59 Å². The first-order valence-electron chi connectivity index (χ1n) is 9.41. The highest BCUT2D eigenvalue weighted by Gasteiger charge is 2.29. The molecule has 2 amide bonds. The molecule has 0 saturated heterocycles. The van der Waals surface area contributed by atoms with Crippen LogP contribution in [-0.2, 0) is 11.2 Å². The van der Waals surface area contributed by atoms with Gasteiger partial charge in [-0.3, -0.25) is 9.59 Å². The number of nitrogens with one attached hydrogen (secondary N) is 2. The van der Waals surface area contributed by atoms with Crippen LogP contribution >= 0.6 is 15.9 Å². The number of carbonyl (C=O) groups excluding carboxylic acids is 2. The molecule has 5 heteroatoms. The third-order valence-corrected chi connectivity index (χ3v) is 5.73. The van der Waals surface area contributed by atoms with Crippen LogP contribution in [0.4, 0.5) is 0 Å². The lowest BCUT2D eigenvalue weighted by Crippen LogP contribution is -2.50. The fourth-order valence-electron chi connectivity index (χ4n) is 3.56. The van der Waals surface area contributed by atoms with E-state index in [1.807, 2.05) is 44.2 Å². The number of hydrogen-bond donors (Lipinski definition) is 2. The predicted molar refractivity (Wildman–Crippen MR) is 110 cm³/mol. The van der Waals surface area contributed by atoms with Gasteiger partial charge in [-0.1, -0.05) is 50.2 Å². The molecule has 0 radical (unpaired) electrons. The van der Waals surface area contributed by atoms with Gasteiger partial charge < -0.3 is 10.6 Å². The Balaban J connectivity index is 1.73. The van der Waals surface area contributed by atoms with E-state index in [-0.39, 0.29) is 23.8 Å². The molecule has 0 fully saturated rings. The average molecular weight is 429 g/mol. The van der Waals surface area contributed by atoms with Gasteiger partial charge in [0, 0.05) is 4.47 Å². The zero-order valence-corrected chi connectivity index (χ0v) is 17.3. The first kappa shape index (κ1) is 19.6. The molecule has 0 saturated carbocycles. The van der Waals surface area contributed by atoms with Crippen molar-refractivity contribution in [2.75, 3.05) is 0 Å². The predicted octanol–water partition coefficient (Wildman–Crippen LogP) is 4.40. The molecule has 1 aliphatic rings. The second-order valence-corrected chi connectivity index (χ2v) is 8.18. The van der Waals surface area contributed by atoms with E-state index in [1.165, 1.54) is 11.1 Å². The van der Waals surface area contributed by atoms with Gasteiger partial charge in [-0.25, -0.2) is 0 Å². The smallest absolute Gasteiger partial charge is 0.253 e. The zero-order chi connectivity index (χ0) is 19.4. The molecular formula is C22H25BrN2O2. The van der Waals surface area contributed by atoms with Crippen molar-refractivity contribution in [1.82, 2.24) is 10.6 Å². The lowest BCUT2D eigenvalue weighted by atomic mass is 9.87. The van der Waals surface area contributed by atoms with Crippen LogP contribution in [0.25, 0.3) is 0 Å². The molecule has 0 aliphatic heterocycles. The first-order valence-corrected chi connectivity index (χ1v) is 10.2. The summed E-state index contributed by atoms with van der Waals surface area (Å²) in [7, 11) is 0. The normalized spacial score (nSPS) is 17.1. The van der Waals surface area contributed by atoms with Gasteiger partial charge in [0.05, 0.1) is 11.6 Å². The van der Waals surface area contributed by atoms with E-state index in [0.29, 0.717) is 10.0 Å². The summed E-state index contributed by atoms with van der Waals surface area (Å²) in [4.78, 5) is 25.6. The molecular weight excluding hydrogens is 404 g/mol. The van der Waals surface area contributed by atoms with Gasteiger partial charge in [-0.2, -0.15) is 0 Å². The number of carbonyl (C=O) groups is 2. The van der Waals surface area contributed by atoms with Crippen molar-refractivity contribution in [3.05, 3.63) is 69.7 Å². The molecule has 0 heterocycles. The molecule has 27 heavy (non-hydrogen) atoms. The van der Waals surface area contributed by atoms with E-state index in [4.69, 9.17) is 0 Å². The molecule has 142 valence electrons. The second-order valence-electron chi connectivity index (χ2n) is 7.33. The maximum absolute atomic E-state index is 13.0. The van der Waals surface area contributed by atoms with Crippen LogP contribution in [0.15, 0.2) is 53.0 Å². The molecule has 3 rings (SSSR count). The van der Waals surface area contributed by atoms with Gasteiger partial charge >= 0.3 is 0 Å². The van der Waals surface area contributed by atoms with Crippen LogP contribution in [0.1, 0.15) is 54.2 Å². The van der Waals surface area contributed by atoms with Gasteiger partial charge in [0.2, 0.25) is 5.91 Å². The zero-order valence-electron chi connectivity index (χ0n) is 15.7. The number of hydrogen-bond acceptors (Lipinski definition) is 2. The Morgan fingerprint density at radius 2 is 1.78 bits per heavy atom. The van der Waals surface area contributed by atoms with Crippen LogP contribution < -0.4 is 10.6 Å². The maximum atomic E-state index is 13.0. The van der Waals surface area contributed by atoms with Crippen LogP contribution in [0.3, 0.4) is 0 Å². The summed E-state index contributed by atoms with van der Waals surface area (Å²) in [6.45, 7) is 3.89. The Kier molecular flexibility index (Phi) is 6.32. The van der Waals surface area contributed by atoms with Crippen molar-refractivity contribution in [1.29, 1.82) is 0 Å². The molecule has 4 nitrogen and oxygen atoms in total. The fourth-order valence-corrected chi connectivity index (χ4v) is 4.03. The Bertz CT molecular complexity index is 835. The third kappa shape index (κ3) is 4.59. The molecule has 1 aliphatic carbocycles. The summed E-state index contributed by atoms with van der Waals surface area (Å²) < 4.78 is 0.714. The van der Waals surface area contributed by atoms with E-state index < -0.39 is 6.04 Å². The summed E-state index contributed by atoms with van der Waals surface area (Å²) in [5.74, 6) is -0.400. The van der Waals surface area contributed by atoms with Gasteiger partial charge in [-0.15, -0.1) is 0 Å². The minimum absolute atomic E-state index is 0.00376. The Labute approximate surface area is 168 Å². The molecule has 2 atom stereocenters. The molecule has 0 aromatic heterocycles. The van der Waals surface area contributed by atoms with E-state index in [1.54, 1.807) is 6.07 Å². The van der Waals surface area contributed by atoms with Crippen molar-refractivity contribution >= 4 is 27.7 Å². The van der Waals surface area contributed by atoms with Gasteiger partial charge in [-0.05, 0) is 64.4 Å². The lowest BCUT2D eigenvalue weighted by molar-refractivity contribution is -0.124. The number of benzene rings is 2. The van der Waals surface area contributed by atoms with E-state index in [9.17, 15) is 9.59 Å². The minimum Gasteiger partial charge on any atom is -0.347 e. The largest absolute Gasteiger partial charge is 0.347 e. The Morgan fingerprint density at radius 3 is 2.52 bits per heavy atom. The van der Waals surface area contributed by atoms with Gasteiger partial charge in [0.25, 0.3) is 5.91 Å². The molecule has 2 aromatic carbocycles. The number of rotatable bonds is 5. The Hall–Kier alpha value is -2.14. The average Bonchev–Trinajstić information content (AvgIpc) is 2.66. The number of aryl methyl sites for hydroxylation is 1. The van der Waals surface area contributed by atoms with Gasteiger partial charge in [0.1, 0.15) is 6.04 Å². The monoisotopic (exact) mass is 428 g/mol. The summed E-state index contributed by atoms with van der Waals surface area (Å²) >= 11 is 3.40. The maximum Gasteiger partial charge on any atom is 0.253 e. The number of fused-ring (bicyclic) bond motifs is 1. The molecule has 2 N–H and O–H groups in total. The van der Waals surface area contributed by atoms with Crippen LogP contribution in [-0.4, -0.2) is 17.9 Å². The first-order chi connectivity index (χ1) is 13.0. The van der Waals surface area contributed by atoms with Gasteiger partial charge in [0.15, 0.2) is 0 Å². The number of halogens is 1. The van der Waals surface area contributed by atoms with Crippen molar-refractivity contribution in [3.63, 3.8) is 0 Å². The fraction of sp³-hybridized carbons (Fsp3) is 0.364. The van der Waals surface area contributed by atoms with Crippen LogP contribution in [0, 0.1) is 5.92 Å². The standard InChI is InChI=1S/C22H25BrN2O2/c1-14(2)20(25-21(26)17-11-5-6-12-18(17)23)22(27)24-19-13-7-9-15-8-3-4-10-16(15)19/h3-6,8,10-12,14,19-20H,7,9,13H2,1-2H3,(H,24,27)(H,25,26)/t19?,20-/m1/s1. The van der Waals surface area contributed by atoms with E-state index in [0.717, 1.165) is 19.3 Å². The Morgan fingerprint density at radius 1 is 1.07 bits per heavy atom. The molecule has 1 unspecified atom stereocenters. The van der Waals surface area contributed by atoms with E-state index in [2.05, 4.69) is 38.7 Å². The summed E-state index contributed by atoms with van der Waals surface area (Å²) in [5, 5.41) is 6.07. The molecule has 0 bridgehead atoms.